The van der Waals surface area contributed by atoms with Crippen LogP contribution in [0, 0.1) is 0 Å². The number of hydrogen-bond donors (Lipinski definition) is 1. The number of pyridine rings is 1. The highest BCUT2D eigenvalue weighted by Crippen LogP contribution is 2.36. The Morgan fingerprint density at radius 2 is 1.66 bits per heavy atom. The summed E-state index contributed by atoms with van der Waals surface area (Å²) in [6.45, 7) is 4.73. The van der Waals surface area contributed by atoms with Crippen molar-refractivity contribution in [3.8, 4) is 10.4 Å². The van der Waals surface area contributed by atoms with Crippen LogP contribution in [0.2, 0.25) is 0 Å². The number of rotatable bonds is 1. The smallest absolute Gasteiger partial charge is 0.255 e. The van der Waals surface area contributed by atoms with Crippen LogP contribution in [0.4, 0.5) is 5.82 Å². The maximum absolute atomic E-state index is 13.9. The Morgan fingerprint density at radius 3 is 2.45 bits per heavy atom. The molecule has 10 heteroatoms. The summed E-state index contributed by atoms with van der Waals surface area (Å²) < 4.78 is 26.2. The van der Waals surface area contributed by atoms with Crippen LogP contribution < -0.4 is 10.9 Å². The van der Waals surface area contributed by atoms with E-state index in [1.165, 1.54) is 40.1 Å². The first-order valence-electron chi connectivity index (χ1n) is 16.0. The molecule has 1 fully saturated rings. The first-order valence-corrected chi connectivity index (χ1v) is 18.6. The van der Waals surface area contributed by atoms with E-state index in [0.717, 1.165) is 37.7 Å². The Balaban J connectivity index is 1.39. The lowest BCUT2D eigenvalue weighted by molar-refractivity contribution is 0.316. The van der Waals surface area contributed by atoms with E-state index < -0.39 is 9.84 Å². The summed E-state index contributed by atoms with van der Waals surface area (Å²) in [7, 11) is -0.824. The Morgan fingerprint density at radius 1 is 0.932 bits per heavy atom. The molecule has 0 radical (unpaired) electrons. The van der Waals surface area contributed by atoms with Gasteiger partial charge in [-0.05, 0) is 81.4 Å². The van der Waals surface area contributed by atoms with Gasteiger partial charge in [-0.2, -0.15) is 0 Å². The van der Waals surface area contributed by atoms with Gasteiger partial charge in [0.05, 0.1) is 22.9 Å². The van der Waals surface area contributed by atoms with Crippen molar-refractivity contribution in [3.05, 3.63) is 75.1 Å². The molecule has 2 aliphatic rings. The summed E-state index contributed by atoms with van der Waals surface area (Å²) in [5, 5.41) is 4.45. The average molecular weight is 634 g/mol. The molecule has 0 unspecified atom stereocenters. The fourth-order valence-electron chi connectivity index (χ4n) is 6.65. The molecule has 0 saturated carbocycles. The predicted octanol–water partition coefficient (Wildman–Crippen LogP) is 6.77. The molecule has 4 aromatic rings. The van der Waals surface area contributed by atoms with Crippen molar-refractivity contribution >= 4 is 38.0 Å². The van der Waals surface area contributed by atoms with Crippen LogP contribution in [-0.4, -0.2) is 53.0 Å². The van der Waals surface area contributed by atoms with Gasteiger partial charge in [0, 0.05) is 28.4 Å². The molecule has 2 aliphatic heterocycles. The molecule has 1 aromatic carbocycles. The number of sulfone groups is 1. The van der Waals surface area contributed by atoms with Crippen LogP contribution in [0.5, 0.6) is 0 Å². The van der Waals surface area contributed by atoms with Gasteiger partial charge in [-0.15, -0.1) is 11.3 Å². The van der Waals surface area contributed by atoms with Crippen molar-refractivity contribution < 1.29 is 8.42 Å². The van der Waals surface area contributed by atoms with Gasteiger partial charge in [0.2, 0.25) is 0 Å². The van der Waals surface area contributed by atoms with Crippen molar-refractivity contribution in [1.29, 1.82) is 0 Å². The van der Waals surface area contributed by atoms with E-state index >= 15 is 0 Å². The third-order valence-corrected chi connectivity index (χ3v) is 12.2. The van der Waals surface area contributed by atoms with Gasteiger partial charge >= 0.3 is 0 Å². The minimum Gasteiger partial charge on any atom is -0.362 e. The zero-order valence-electron chi connectivity index (χ0n) is 25.8. The van der Waals surface area contributed by atoms with E-state index in [-0.39, 0.29) is 29.0 Å². The number of hydrogen-bond acceptors (Lipinski definition) is 8. The second kappa shape index (κ2) is 13.5. The molecule has 0 spiro atoms. The summed E-state index contributed by atoms with van der Waals surface area (Å²) in [5.74, 6) is 0.869. The Hall–Kier alpha value is -3.08. The first-order chi connectivity index (χ1) is 21.3. The molecule has 6 bridgehead atoms. The van der Waals surface area contributed by atoms with Gasteiger partial charge in [-0.1, -0.05) is 49.9 Å². The third-order valence-electron chi connectivity index (χ3n) is 9.21. The van der Waals surface area contributed by atoms with Crippen molar-refractivity contribution in [2.24, 2.45) is 0 Å². The van der Waals surface area contributed by atoms with Crippen molar-refractivity contribution in [2.45, 2.75) is 83.3 Å². The van der Waals surface area contributed by atoms with E-state index in [1.54, 1.807) is 17.7 Å². The van der Waals surface area contributed by atoms with Gasteiger partial charge in [0.25, 0.3) is 5.56 Å². The van der Waals surface area contributed by atoms with E-state index in [4.69, 9.17) is 0 Å². The lowest BCUT2D eigenvalue weighted by atomic mass is 9.93. The van der Waals surface area contributed by atoms with Crippen molar-refractivity contribution in [2.75, 3.05) is 30.4 Å². The molecular formula is C34H43N5O3S2. The number of aromatic nitrogens is 3. The number of thiophene rings is 1. The average Bonchev–Trinajstić information content (AvgIpc) is 3.50. The highest BCUT2D eigenvalue weighted by Gasteiger charge is 2.28. The maximum Gasteiger partial charge on any atom is 0.255 e. The first kappa shape index (κ1) is 30.9. The maximum atomic E-state index is 13.9. The van der Waals surface area contributed by atoms with E-state index in [2.05, 4.69) is 70.6 Å². The fourth-order valence-corrected chi connectivity index (χ4v) is 9.22. The van der Waals surface area contributed by atoms with E-state index in [1.807, 2.05) is 10.6 Å². The highest BCUT2D eigenvalue weighted by molar-refractivity contribution is 7.91. The van der Waals surface area contributed by atoms with Crippen molar-refractivity contribution in [3.63, 3.8) is 0 Å². The number of nitrogens with one attached hydrogen (secondary N) is 1. The summed E-state index contributed by atoms with van der Waals surface area (Å²) in [6, 6.07) is 15.1. The molecule has 234 valence electrons. The van der Waals surface area contributed by atoms with Gasteiger partial charge in [0.15, 0.2) is 0 Å². The Labute approximate surface area is 264 Å². The molecular weight excluding hydrogens is 591 g/mol. The third kappa shape index (κ3) is 6.92. The summed E-state index contributed by atoms with van der Waals surface area (Å²) >= 11 is 1.79. The number of aryl methyl sites for hydroxylation is 1. The largest absolute Gasteiger partial charge is 0.362 e. The topological polar surface area (TPSA) is 97.2 Å². The van der Waals surface area contributed by atoms with Crippen LogP contribution in [0.3, 0.4) is 0 Å². The van der Waals surface area contributed by atoms with E-state index in [9.17, 15) is 13.2 Å². The molecule has 6 rings (SSSR count). The van der Waals surface area contributed by atoms with Crippen LogP contribution in [0.15, 0.2) is 53.6 Å². The van der Waals surface area contributed by atoms with Gasteiger partial charge in [0.1, 0.15) is 27.6 Å². The molecule has 0 amide bonds. The molecule has 0 aliphatic carbocycles. The summed E-state index contributed by atoms with van der Waals surface area (Å²) in [4.78, 5) is 28.1. The monoisotopic (exact) mass is 633 g/mol. The molecule has 1 atom stereocenters. The highest BCUT2D eigenvalue weighted by atomic mass is 32.2. The van der Waals surface area contributed by atoms with Gasteiger partial charge in [-0.25, -0.2) is 18.4 Å². The number of anilines is 1. The minimum absolute atomic E-state index is 0.0144. The van der Waals surface area contributed by atoms with E-state index in [0.29, 0.717) is 36.4 Å². The van der Waals surface area contributed by atoms with Gasteiger partial charge in [-0.3, -0.25) is 9.36 Å². The lowest BCUT2D eigenvalue weighted by Gasteiger charge is -2.24. The van der Waals surface area contributed by atoms with Crippen LogP contribution in [-0.2, 0) is 22.9 Å². The number of fused-ring (bicyclic) bond motifs is 4. The second-order valence-electron chi connectivity index (χ2n) is 12.5. The molecule has 44 heavy (non-hydrogen) atoms. The number of benzene rings is 1. The van der Waals surface area contributed by atoms with Crippen molar-refractivity contribution in [1.82, 2.24) is 19.4 Å². The molecule has 1 saturated heterocycles. The zero-order valence-corrected chi connectivity index (χ0v) is 27.4. The van der Waals surface area contributed by atoms with Crippen LogP contribution in [0.1, 0.15) is 86.3 Å². The molecule has 1 N–H and O–H groups in total. The SMILES string of the molecule is C[C@H]1Nc2ncnc3c2cc(C2CCS(=O)(=O)CC2)c(=O)n3CCCCCCCCN(C)Cc2ccccc2-c2ccc1s2. The standard InChI is InChI=1S/C34H43N5O3S2/c1-24-30-13-14-31(43-30)27-12-8-7-11-26(27)22-38(2)17-9-5-3-4-6-10-18-39-33-29(32(37-24)35-23-36-33)21-28(34(39)40)25-15-19-44(41,42)20-16-25/h7-8,11-14,21,23-25H,3-6,9-10,15-20,22H2,1-2H3,(H,35,36,37)/t24-/m1/s1. The second-order valence-corrected chi connectivity index (χ2v) is 15.9. The van der Waals surface area contributed by atoms with Crippen LogP contribution in [0.25, 0.3) is 21.5 Å². The zero-order chi connectivity index (χ0) is 30.7. The summed E-state index contributed by atoms with van der Waals surface area (Å²) in [5.41, 5.74) is 3.92. The van der Waals surface area contributed by atoms with Gasteiger partial charge < -0.3 is 10.2 Å². The molecule has 8 nitrogen and oxygen atoms in total. The quantitative estimate of drug-likeness (QED) is 0.247. The minimum atomic E-state index is -3.04. The summed E-state index contributed by atoms with van der Waals surface area (Å²) in [6.07, 6.45) is 9.14. The predicted molar refractivity (Wildman–Crippen MR) is 180 cm³/mol. The number of nitrogens with zero attached hydrogens (tertiary/aromatic N) is 4. The fraction of sp³-hybridized carbons (Fsp3) is 0.500. The lowest BCUT2D eigenvalue weighted by Crippen LogP contribution is -2.30. The van der Waals surface area contributed by atoms with Crippen LogP contribution >= 0.6 is 11.3 Å². The Bertz CT molecular complexity index is 1770. The molecule has 5 heterocycles. The normalized spacial score (nSPS) is 20.9. The Kier molecular flexibility index (Phi) is 9.49. The molecule has 3 aromatic heterocycles.